The molecule has 0 N–H and O–H groups in total. The van der Waals surface area contributed by atoms with Crippen LogP contribution in [0, 0.1) is 0 Å². The standard InChI is InChI=1S/C12H6Cl2N2OS/c13-8-3-1-2-4-9(8)17-10-7-5-6-18-11(7)16-12(14)15-10/h1-6H. The Labute approximate surface area is 117 Å². The molecular formula is C12H6Cl2N2OS. The van der Waals surface area contributed by atoms with E-state index < -0.39 is 0 Å². The van der Waals surface area contributed by atoms with Crippen LogP contribution in [0.3, 0.4) is 0 Å². The molecule has 0 aliphatic carbocycles. The minimum Gasteiger partial charge on any atom is -0.437 e. The van der Waals surface area contributed by atoms with Crippen molar-refractivity contribution < 1.29 is 4.74 Å². The fourth-order valence-electron chi connectivity index (χ4n) is 1.51. The lowest BCUT2D eigenvalue weighted by atomic mass is 10.3. The van der Waals surface area contributed by atoms with Crippen LogP contribution in [0.1, 0.15) is 0 Å². The molecule has 0 aliphatic heterocycles. The molecule has 0 radical (unpaired) electrons. The Hall–Kier alpha value is -1.36. The summed E-state index contributed by atoms with van der Waals surface area (Å²) in [6.45, 7) is 0. The summed E-state index contributed by atoms with van der Waals surface area (Å²) >= 11 is 13.4. The van der Waals surface area contributed by atoms with E-state index in [0.717, 1.165) is 10.2 Å². The number of fused-ring (bicyclic) bond motifs is 1. The number of ether oxygens (including phenoxy) is 1. The fraction of sp³-hybridized carbons (Fsp3) is 0. The molecule has 0 aliphatic rings. The summed E-state index contributed by atoms with van der Waals surface area (Å²) in [5, 5.41) is 3.42. The Kier molecular flexibility index (Phi) is 3.07. The molecule has 0 bridgehead atoms. The van der Waals surface area contributed by atoms with E-state index in [2.05, 4.69) is 9.97 Å². The van der Waals surface area contributed by atoms with E-state index in [-0.39, 0.29) is 5.28 Å². The van der Waals surface area contributed by atoms with Gasteiger partial charge in [0.1, 0.15) is 10.6 Å². The van der Waals surface area contributed by atoms with Crippen molar-refractivity contribution >= 4 is 44.8 Å². The predicted molar refractivity (Wildman–Crippen MR) is 74.0 cm³/mol. The van der Waals surface area contributed by atoms with Gasteiger partial charge in [0.25, 0.3) is 0 Å². The van der Waals surface area contributed by atoms with Gasteiger partial charge in [0, 0.05) is 0 Å². The van der Waals surface area contributed by atoms with Crippen molar-refractivity contribution in [3.63, 3.8) is 0 Å². The van der Waals surface area contributed by atoms with Crippen LogP contribution >= 0.6 is 34.5 Å². The van der Waals surface area contributed by atoms with Gasteiger partial charge in [-0.25, -0.2) is 4.98 Å². The maximum atomic E-state index is 6.04. The SMILES string of the molecule is Clc1nc(Oc2ccccc2Cl)c2ccsc2n1. The van der Waals surface area contributed by atoms with E-state index in [1.54, 1.807) is 12.1 Å². The van der Waals surface area contributed by atoms with Gasteiger partial charge in [-0.3, -0.25) is 0 Å². The number of hydrogen-bond donors (Lipinski definition) is 0. The maximum Gasteiger partial charge on any atom is 0.232 e. The van der Waals surface area contributed by atoms with Crippen molar-refractivity contribution in [3.05, 3.63) is 46.0 Å². The summed E-state index contributed by atoms with van der Waals surface area (Å²) in [5.74, 6) is 0.959. The highest BCUT2D eigenvalue weighted by molar-refractivity contribution is 7.16. The smallest absolute Gasteiger partial charge is 0.232 e. The van der Waals surface area contributed by atoms with Crippen molar-refractivity contribution in [2.24, 2.45) is 0 Å². The Morgan fingerprint density at radius 3 is 2.72 bits per heavy atom. The quantitative estimate of drug-likeness (QED) is 0.638. The number of halogens is 2. The fourth-order valence-corrected chi connectivity index (χ4v) is 2.65. The molecule has 18 heavy (non-hydrogen) atoms. The first kappa shape index (κ1) is 11.7. The number of hydrogen-bond acceptors (Lipinski definition) is 4. The van der Waals surface area contributed by atoms with Gasteiger partial charge in [-0.15, -0.1) is 11.3 Å². The molecule has 0 unspecified atom stereocenters. The van der Waals surface area contributed by atoms with Crippen molar-refractivity contribution in [3.8, 4) is 11.6 Å². The lowest BCUT2D eigenvalue weighted by Crippen LogP contribution is -1.91. The molecule has 0 atom stereocenters. The second kappa shape index (κ2) is 4.72. The molecule has 90 valence electrons. The monoisotopic (exact) mass is 296 g/mol. The first-order valence-electron chi connectivity index (χ1n) is 5.07. The number of para-hydroxylation sites is 1. The molecule has 0 saturated heterocycles. The zero-order valence-corrected chi connectivity index (χ0v) is 11.3. The number of rotatable bonds is 2. The zero-order chi connectivity index (χ0) is 12.5. The van der Waals surface area contributed by atoms with E-state index in [1.807, 2.05) is 23.6 Å². The van der Waals surface area contributed by atoms with Crippen molar-refractivity contribution in [1.29, 1.82) is 0 Å². The third-order valence-electron chi connectivity index (χ3n) is 2.31. The average molecular weight is 297 g/mol. The summed E-state index contributed by atoms with van der Waals surface area (Å²) in [6.07, 6.45) is 0. The van der Waals surface area contributed by atoms with Crippen molar-refractivity contribution in [2.75, 3.05) is 0 Å². The lowest BCUT2D eigenvalue weighted by molar-refractivity contribution is 0.468. The number of benzene rings is 1. The Morgan fingerprint density at radius 1 is 1.06 bits per heavy atom. The van der Waals surface area contributed by atoms with Crippen LogP contribution in [0.25, 0.3) is 10.2 Å². The summed E-state index contributed by atoms with van der Waals surface area (Å²) in [4.78, 5) is 9.00. The summed E-state index contributed by atoms with van der Waals surface area (Å²) in [5.41, 5.74) is 0. The van der Waals surface area contributed by atoms with Crippen LogP contribution in [0.5, 0.6) is 11.6 Å². The highest BCUT2D eigenvalue weighted by Crippen LogP contribution is 2.34. The molecule has 0 saturated carbocycles. The van der Waals surface area contributed by atoms with E-state index in [1.165, 1.54) is 11.3 Å². The molecule has 6 heteroatoms. The second-order valence-electron chi connectivity index (χ2n) is 3.47. The second-order valence-corrected chi connectivity index (χ2v) is 5.11. The van der Waals surface area contributed by atoms with Gasteiger partial charge in [0.05, 0.1) is 10.4 Å². The normalized spacial score (nSPS) is 10.8. The summed E-state index contributed by atoms with van der Waals surface area (Å²) in [7, 11) is 0. The minimum atomic E-state index is 0.159. The molecule has 2 heterocycles. The molecule has 1 aromatic carbocycles. The third-order valence-corrected chi connectivity index (χ3v) is 3.59. The Bertz CT molecular complexity index is 714. The van der Waals surface area contributed by atoms with Crippen molar-refractivity contribution in [2.45, 2.75) is 0 Å². The first-order chi connectivity index (χ1) is 8.74. The molecule has 3 rings (SSSR count). The van der Waals surface area contributed by atoms with E-state index in [4.69, 9.17) is 27.9 Å². The van der Waals surface area contributed by atoms with Gasteiger partial charge in [0.2, 0.25) is 11.2 Å². The van der Waals surface area contributed by atoms with Gasteiger partial charge in [-0.2, -0.15) is 4.98 Å². The zero-order valence-electron chi connectivity index (χ0n) is 8.93. The molecule has 2 aromatic heterocycles. The van der Waals surface area contributed by atoms with Crippen LogP contribution in [0.4, 0.5) is 0 Å². The van der Waals surface area contributed by atoms with Crippen LogP contribution in [0.2, 0.25) is 10.3 Å². The van der Waals surface area contributed by atoms with E-state index in [9.17, 15) is 0 Å². The Balaban J connectivity index is 2.10. The van der Waals surface area contributed by atoms with Crippen LogP contribution < -0.4 is 4.74 Å². The largest absolute Gasteiger partial charge is 0.437 e. The van der Waals surface area contributed by atoms with E-state index >= 15 is 0 Å². The van der Waals surface area contributed by atoms with Crippen molar-refractivity contribution in [1.82, 2.24) is 9.97 Å². The predicted octanol–water partition coefficient (Wildman–Crippen LogP) is 4.79. The highest BCUT2D eigenvalue weighted by Gasteiger charge is 2.11. The van der Waals surface area contributed by atoms with E-state index in [0.29, 0.717) is 16.7 Å². The molecular weight excluding hydrogens is 291 g/mol. The average Bonchev–Trinajstić information content (AvgIpc) is 2.80. The third kappa shape index (κ3) is 2.14. The number of nitrogens with zero attached hydrogens (tertiary/aromatic N) is 2. The van der Waals surface area contributed by atoms with Gasteiger partial charge in [-0.1, -0.05) is 23.7 Å². The Morgan fingerprint density at radius 2 is 1.89 bits per heavy atom. The molecule has 0 spiro atoms. The van der Waals surface area contributed by atoms with Gasteiger partial charge < -0.3 is 4.74 Å². The van der Waals surface area contributed by atoms with Crippen LogP contribution in [-0.4, -0.2) is 9.97 Å². The highest BCUT2D eigenvalue weighted by atomic mass is 35.5. The molecule has 0 fully saturated rings. The molecule has 0 amide bonds. The lowest BCUT2D eigenvalue weighted by Gasteiger charge is -2.07. The topological polar surface area (TPSA) is 35.0 Å². The number of thiophene rings is 1. The maximum absolute atomic E-state index is 6.04. The van der Waals surface area contributed by atoms with Crippen LogP contribution in [-0.2, 0) is 0 Å². The summed E-state index contributed by atoms with van der Waals surface area (Å²) in [6, 6.07) is 9.10. The van der Waals surface area contributed by atoms with Gasteiger partial charge >= 0.3 is 0 Å². The summed E-state index contributed by atoms with van der Waals surface area (Å²) < 4.78 is 5.70. The van der Waals surface area contributed by atoms with Gasteiger partial charge in [0.15, 0.2) is 0 Å². The number of aromatic nitrogens is 2. The first-order valence-corrected chi connectivity index (χ1v) is 6.71. The molecule has 3 aromatic rings. The minimum absolute atomic E-state index is 0.159. The molecule has 3 nitrogen and oxygen atoms in total. The van der Waals surface area contributed by atoms with Gasteiger partial charge in [-0.05, 0) is 35.2 Å². The van der Waals surface area contributed by atoms with Crippen LogP contribution in [0.15, 0.2) is 35.7 Å².